The van der Waals surface area contributed by atoms with E-state index in [0.29, 0.717) is 22.0 Å². The fraction of sp³-hybridized carbons (Fsp3) is 0.261. The highest BCUT2D eigenvalue weighted by atomic mass is 35.5. The van der Waals surface area contributed by atoms with Crippen molar-refractivity contribution in [1.82, 2.24) is 5.32 Å². The molecule has 1 N–H and O–H groups in total. The van der Waals surface area contributed by atoms with Crippen LogP contribution in [0.1, 0.15) is 12.5 Å². The molecule has 6 nitrogen and oxygen atoms in total. The minimum absolute atomic E-state index is 0.0885. The second-order valence-electron chi connectivity index (χ2n) is 7.85. The number of hydrogen-bond donors (Lipinski definition) is 1. The predicted molar refractivity (Wildman–Crippen MR) is 113 cm³/mol. The molecular formula is C23H18ClN3O3. The Morgan fingerprint density at radius 3 is 2.63 bits per heavy atom. The Balaban J connectivity index is 1.68. The number of anilines is 2. The Hall–Kier alpha value is -3.14. The van der Waals surface area contributed by atoms with Crippen LogP contribution in [0.15, 0.2) is 48.5 Å². The first-order valence-corrected chi connectivity index (χ1v) is 10.1. The number of carbonyl (C=O) groups is 3. The second-order valence-corrected chi connectivity index (χ2v) is 8.29. The molecule has 150 valence electrons. The number of imide groups is 1. The van der Waals surface area contributed by atoms with Crippen LogP contribution in [-0.4, -0.2) is 30.3 Å². The number of fused-ring (bicyclic) bond motifs is 4. The molecule has 1 spiro atoms. The molecule has 3 amide bonds. The summed E-state index contributed by atoms with van der Waals surface area (Å²) in [6.07, 6.45) is 5.50. The van der Waals surface area contributed by atoms with Gasteiger partial charge in [-0.1, -0.05) is 41.8 Å². The molecule has 2 aromatic carbocycles. The number of para-hydroxylation sites is 1. The third kappa shape index (κ3) is 2.22. The van der Waals surface area contributed by atoms with E-state index in [4.69, 9.17) is 18.0 Å². The smallest absolute Gasteiger partial charge is 0.253 e. The van der Waals surface area contributed by atoms with E-state index in [9.17, 15) is 14.4 Å². The average molecular weight is 420 g/mol. The molecule has 5 rings (SSSR count). The number of benzene rings is 2. The van der Waals surface area contributed by atoms with E-state index >= 15 is 0 Å². The molecule has 0 bridgehead atoms. The van der Waals surface area contributed by atoms with E-state index in [2.05, 4.69) is 11.2 Å². The van der Waals surface area contributed by atoms with Crippen molar-refractivity contribution in [1.29, 1.82) is 0 Å². The number of nitrogens with one attached hydrogen (secondary N) is 1. The SMILES string of the molecule is C#CCN1C(=O)[C@]2(N[C@H](C)[C@@H]3C(=O)N(c4cccc(Cl)c4)C(=O)[C@H]32)c2ccccc21. The monoisotopic (exact) mass is 419 g/mol. The zero-order chi connectivity index (χ0) is 21.2. The molecule has 4 atom stereocenters. The van der Waals surface area contributed by atoms with Crippen molar-refractivity contribution in [2.24, 2.45) is 11.8 Å². The van der Waals surface area contributed by atoms with Gasteiger partial charge in [0.05, 0.1) is 29.8 Å². The first kappa shape index (κ1) is 18.9. The highest BCUT2D eigenvalue weighted by Crippen LogP contribution is 2.54. The van der Waals surface area contributed by atoms with Crippen LogP contribution in [0, 0.1) is 24.2 Å². The molecule has 30 heavy (non-hydrogen) atoms. The minimum atomic E-state index is -1.32. The van der Waals surface area contributed by atoms with Gasteiger partial charge < -0.3 is 0 Å². The molecule has 2 saturated heterocycles. The highest BCUT2D eigenvalue weighted by Gasteiger charge is 2.71. The average Bonchev–Trinajstić information content (AvgIpc) is 3.27. The number of halogens is 1. The number of carbonyl (C=O) groups excluding carboxylic acids is 3. The molecule has 3 aliphatic rings. The maximum absolute atomic E-state index is 13.7. The Morgan fingerprint density at radius 2 is 1.90 bits per heavy atom. The Kier molecular flexibility index (Phi) is 4.04. The predicted octanol–water partition coefficient (Wildman–Crippen LogP) is 2.31. The minimum Gasteiger partial charge on any atom is -0.298 e. The molecule has 0 unspecified atom stereocenters. The maximum Gasteiger partial charge on any atom is 0.253 e. The normalized spacial score (nSPS) is 29.5. The van der Waals surface area contributed by atoms with Crippen LogP contribution in [0.5, 0.6) is 0 Å². The molecule has 2 aromatic rings. The van der Waals surface area contributed by atoms with Gasteiger partial charge in [-0.3, -0.25) is 24.6 Å². The number of amides is 3. The van der Waals surface area contributed by atoms with E-state index < -0.39 is 23.3 Å². The summed E-state index contributed by atoms with van der Waals surface area (Å²) in [4.78, 5) is 43.4. The van der Waals surface area contributed by atoms with Crippen molar-refractivity contribution in [3.05, 3.63) is 59.1 Å². The van der Waals surface area contributed by atoms with Gasteiger partial charge in [0.2, 0.25) is 11.8 Å². The molecule has 7 heteroatoms. The summed E-state index contributed by atoms with van der Waals surface area (Å²) >= 11 is 6.09. The van der Waals surface area contributed by atoms with Gasteiger partial charge in [0.25, 0.3) is 5.91 Å². The van der Waals surface area contributed by atoms with Gasteiger partial charge in [-0.05, 0) is 31.2 Å². The summed E-state index contributed by atoms with van der Waals surface area (Å²) in [6.45, 7) is 1.92. The lowest BCUT2D eigenvalue weighted by atomic mass is 9.76. The van der Waals surface area contributed by atoms with E-state index in [0.717, 1.165) is 0 Å². The highest BCUT2D eigenvalue weighted by molar-refractivity contribution is 6.31. The summed E-state index contributed by atoms with van der Waals surface area (Å²) < 4.78 is 0. The van der Waals surface area contributed by atoms with Crippen molar-refractivity contribution in [2.75, 3.05) is 16.3 Å². The maximum atomic E-state index is 13.7. The first-order chi connectivity index (χ1) is 14.4. The lowest BCUT2D eigenvalue weighted by Crippen LogP contribution is -2.55. The van der Waals surface area contributed by atoms with Gasteiger partial charge in [-0.25, -0.2) is 4.90 Å². The van der Waals surface area contributed by atoms with Gasteiger partial charge in [0, 0.05) is 16.6 Å². The van der Waals surface area contributed by atoms with E-state index in [1.165, 1.54) is 9.80 Å². The third-order valence-corrected chi connectivity index (χ3v) is 6.56. The summed E-state index contributed by atoms with van der Waals surface area (Å²) in [5, 5.41) is 3.74. The van der Waals surface area contributed by atoms with Gasteiger partial charge >= 0.3 is 0 Å². The summed E-state index contributed by atoms with van der Waals surface area (Å²) in [7, 11) is 0. The zero-order valence-electron chi connectivity index (χ0n) is 16.1. The molecule has 0 saturated carbocycles. The second kappa shape index (κ2) is 6.43. The zero-order valence-corrected chi connectivity index (χ0v) is 16.9. The van der Waals surface area contributed by atoms with Crippen LogP contribution >= 0.6 is 11.6 Å². The van der Waals surface area contributed by atoms with E-state index in [1.807, 2.05) is 31.2 Å². The van der Waals surface area contributed by atoms with E-state index in [1.54, 1.807) is 24.3 Å². The summed E-state index contributed by atoms with van der Waals surface area (Å²) in [5.41, 5.74) is 0.437. The largest absolute Gasteiger partial charge is 0.298 e. The van der Waals surface area contributed by atoms with Gasteiger partial charge in [0.15, 0.2) is 0 Å². The van der Waals surface area contributed by atoms with Gasteiger partial charge in [-0.15, -0.1) is 6.42 Å². The van der Waals surface area contributed by atoms with Crippen LogP contribution < -0.4 is 15.1 Å². The lowest BCUT2D eigenvalue weighted by Gasteiger charge is -2.30. The third-order valence-electron chi connectivity index (χ3n) is 6.33. The van der Waals surface area contributed by atoms with Crippen LogP contribution in [0.25, 0.3) is 0 Å². The van der Waals surface area contributed by atoms with Crippen LogP contribution in [-0.2, 0) is 19.9 Å². The molecular weight excluding hydrogens is 402 g/mol. The lowest BCUT2D eigenvalue weighted by molar-refractivity contribution is -0.132. The van der Waals surface area contributed by atoms with Crippen molar-refractivity contribution in [2.45, 2.75) is 18.5 Å². The van der Waals surface area contributed by atoms with Crippen LogP contribution in [0.3, 0.4) is 0 Å². The number of rotatable bonds is 2. The molecule has 3 heterocycles. The number of hydrogen-bond acceptors (Lipinski definition) is 4. The fourth-order valence-electron chi connectivity index (χ4n) is 5.23. The van der Waals surface area contributed by atoms with Gasteiger partial charge in [-0.2, -0.15) is 0 Å². The quantitative estimate of drug-likeness (QED) is 0.599. The number of nitrogens with zero attached hydrogens (tertiary/aromatic N) is 2. The van der Waals surface area contributed by atoms with Crippen LogP contribution in [0.2, 0.25) is 5.02 Å². The number of terminal acetylenes is 1. The van der Waals surface area contributed by atoms with Gasteiger partial charge in [0.1, 0.15) is 5.54 Å². The topological polar surface area (TPSA) is 69.7 Å². The molecule has 0 radical (unpaired) electrons. The fourth-order valence-corrected chi connectivity index (χ4v) is 5.41. The molecule has 0 aliphatic carbocycles. The Labute approximate surface area is 178 Å². The molecule has 0 aromatic heterocycles. The van der Waals surface area contributed by atoms with Crippen molar-refractivity contribution in [3.8, 4) is 12.3 Å². The van der Waals surface area contributed by atoms with E-state index in [-0.39, 0.29) is 24.4 Å². The standard InChI is InChI=1S/C23H18ClN3O3/c1-3-11-26-17-10-5-4-9-16(17)23(22(26)30)19-18(13(2)25-23)20(28)27(21(19)29)15-8-6-7-14(24)12-15/h1,4-10,12-13,18-19,25H,11H2,2H3/t13-,18+,19+,23+/m1/s1. The Bertz CT molecular complexity index is 1160. The van der Waals surface area contributed by atoms with Crippen LogP contribution in [0.4, 0.5) is 11.4 Å². The molecule has 2 fully saturated rings. The van der Waals surface area contributed by atoms with Crippen molar-refractivity contribution >= 4 is 40.7 Å². The summed E-state index contributed by atoms with van der Waals surface area (Å²) in [6, 6.07) is 13.5. The van der Waals surface area contributed by atoms with Crippen molar-refractivity contribution in [3.63, 3.8) is 0 Å². The first-order valence-electron chi connectivity index (χ1n) is 9.68. The van der Waals surface area contributed by atoms with Crippen molar-refractivity contribution < 1.29 is 14.4 Å². The summed E-state index contributed by atoms with van der Waals surface area (Å²) in [5.74, 6) is -0.0459. The Morgan fingerprint density at radius 1 is 1.13 bits per heavy atom. The molecule has 3 aliphatic heterocycles.